The Balaban J connectivity index is 1.28. The molecule has 1 unspecified atom stereocenters. The molecule has 1 fully saturated rings. The molecule has 8 heteroatoms. The van der Waals surface area contributed by atoms with E-state index in [1.807, 2.05) is 6.92 Å². The number of aromatic nitrogens is 2. The smallest absolute Gasteiger partial charge is 0.155 e. The summed E-state index contributed by atoms with van der Waals surface area (Å²) in [5, 5.41) is 6.87. The maximum atomic E-state index is 13.2. The standard InChI is InChI=1S/C25H30FN7/c1-18(20-4-6-21(26)7-5-20)29-24-14-27-15-25(30-24)33-17-28-22-13-19(3-8-23(22)33)16-32-11-9-31(2)10-12-32/h3-8,13-15,18,28H,9-12,16-17H2,1-2H3,(H,29,30). The SMILES string of the molecule is CC(Nc1cncc(N2CNc3cc(CN4CCN(C)CC4)ccc32)n1)c1ccc(F)cc1. The summed E-state index contributed by atoms with van der Waals surface area (Å²) in [6.07, 6.45) is 3.50. The molecule has 5 rings (SSSR count). The molecule has 0 aliphatic carbocycles. The normalized spacial score (nSPS) is 17.5. The van der Waals surface area contributed by atoms with Gasteiger partial charge in [0.05, 0.1) is 30.4 Å². The molecular formula is C25H30FN7. The lowest BCUT2D eigenvalue weighted by Gasteiger charge is -2.32. The van der Waals surface area contributed by atoms with Crippen LogP contribution in [-0.4, -0.2) is 59.7 Å². The van der Waals surface area contributed by atoms with Gasteiger partial charge in [0, 0.05) is 38.8 Å². The first kappa shape index (κ1) is 21.6. The van der Waals surface area contributed by atoms with Crippen molar-refractivity contribution < 1.29 is 4.39 Å². The maximum absolute atomic E-state index is 13.2. The van der Waals surface area contributed by atoms with Crippen molar-refractivity contribution >= 4 is 23.0 Å². The summed E-state index contributed by atoms with van der Waals surface area (Å²) in [5.41, 5.74) is 4.54. The molecule has 3 heterocycles. The Morgan fingerprint density at radius 1 is 1.06 bits per heavy atom. The molecule has 1 atom stereocenters. The van der Waals surface area contributed by atoms with Crippen LogP contribution in [0.4, 0.5) is 27.4 Å². The third kappa shape index (κ3) is 4.91. The number of hydrogen-bond acceptors (Lipinski definition) is 7. The summed E-state index contributed by atoms with van der Waals surface area (Å²) >= 11 is 0. The number of nitrogens with zero attached hydrogens (tertiary/aromatic N) is 5. The van der Waals surface area contributed by atoms with Gasteiger partial charge in [0.15, 0.2) is 5.82 Å². The zero-order chi connectivity index (χ0) is 22.8. The quantitative estimate of drug-likeness (QED) is 0.591. The van der Waals surface area contributed by atoms with Gasteiger partial charge >= 0.3 is 0 Å². The van der Waals surface area contributed by atoms with Crippen molar-refractivity contribution in [3.05, 3.63) is 71.8 Å². The summed E-state index contributed by atoms with van der Waals surface area (Å²) < 4.78 is 13.2. The first-order valence-electron chi connectivity index (χ1n) is 11.4. The molecule has 3 aromatic rings. The molecule has 0 radical (unpaired) electrons. The summed E-state index contributed by atoms with van der Waals surface area (Å²) in [5.74, 6) is 1.23. The van der Waals surface area contributed by atoms with E-state index in [9.17, 15) is 4.39 Å². The molecule has 0 saturated carbocycles. The van der Waals surface area contributed by atoms with E-state index in [-0.39, 0.29) is 11.9 Å². The molecule has 2 aliphatic heterocycles. The van der Waals surface area contributed by atoms with Gasteiger partial charge in [-0.25, -0.2) is 9.37 Å². The third-order valence-electron chi connectivity index (χ3n) is 6.41. The summed E-state index contributed by atoms with van der Waals surface area (Å²) in [4.78, 5) is 16.2. The molecule has 172 valence electrons. The van der Waals surface area contributed by atoms with E-state index in [1.165, 1.54) is 17.7 Å². The Morgan fingerprint density at radius 2 is 1.85 bits per heavy atom. The van der Waals surface area contributed by atoms with Crippen molar-refractivity contribution in [1.82, 2.24) is 19.8 Å². The van der Waals surface area contributed by atoms with Gasteiger partial charge in [0.1, 0.15) is 11.6 Å². The second-order valence-corrected chi connectivity index (χ2v) is 8.87. The summed E-state index contributed by atoms with van der Waals surface area (Å²) in [6, 6.07) is 13.1. The predicted molar refractivity (Wildman–Crippen MR) is 130 cm³/mol. The number of benzene rings is 2. The molecule has 0 spiro atoms. The zero-order valence-electron chi connectivity index (χ0n) is 19.1. The molecule has 33 heavy (non-hydrogen) atoms. The number of fused-ring (bicyclic) bond motifs is 1. The van der Waals surface area contributed by atoms with E-state index in [1.54, 1.807) is 24.5 Å². The van der Waals surface area contributed by atoms with E-state index < -0.39 is 0 Å². The van der Waals surface area contributed by atoms with Crippen molar-refractivity contribution in [1.29, 1.82) is 0 Å². The number of rotatable bonds is 6. The number of piperazine rings is 1. The molecule has 1 saturated heterocycles. The van der Waals surface area contributed by atoms with Gasteiger partial charge in [-0.2, -0.15) is 0 Å². The highest BCUT2D eigenvalue weighted by Crippen LogP contribution is 2.37. The van der Waals surface area contributed by atoms with Crippen LogP contribution in [0.25, 0.3) is 0 Å². The minimum atomic E-state index is -0.236. The van der Waals surface area contributed by atoms with E-state index in [0.29, 0.717) is 12.5 Å². The van der Waals surface area contributed by atoms with Gasteiger partial charge in [-0.05, 0) is 49.4 Å². The van der Waals surface area contributed by atoms with Crippen LogP contribution in [0.1, 0.15) is 24.1 Å². The lowest BCUT2D eigenvalue weighted by atomic mass is 10.1. The van der Waals surface area contributed by atoms with Crippen LogP contribution >= 0.6 is 0 Å². The van der Waals surface area contributed by atoms with Crippen molar-refractivity contribution in [2.45, 2.75) is 19.5 Å². The Hall–Kier alpha value is -3.23. The number of hydrogen-bond donors (Lipinski definition) is 2. The minimum Gasteiger partial charge on any atom is -0.366 e. The molecule has 0 amide bonds. The number of likely N-dealkylation sites (N-methyl/N-ethyl adjacent to an activating group) is 1. The second kappa shape index (κ2) is 9.33. The molecule has 0 bridgehead atoms. The fourth-order valence-electron chi connectivity index (χ4n) is 4.39. The van der Waals surface area contributed by atoms with Crippen LogP contribution in [0.15, 0.2) is 54.9 Å². The van der Waals surface area contributed by atoms with E-state index >= 15 is 0 Å². The number of anilines is 4. The predicted octanol–water partition coefficient (Wildman–Crippen LogP) is 4.06. The van der Waals surface area contributed by atoms with Gasteiger partial charge in [-0.15, -0.1) is 0 Å². The topological polar surface area (TPSA) is 59.6 Å². The third-order valence-corrected chi connectivity index (χ3v) is 6.41. The molecular weight excluding hydrogens is 417 g/mol. The van der Waals surface area contributed by atoms with Crippen molar-refractivity contribution in [2.24, 2.45) is 0 Å². The molecule has 2 aliphatic rings. The van der Waals surface area contributed by atoms with Crippen LogP contribution in [0.3, 0.4) is 0 Å². The number of halogens is 1. The van der Waals surface area contributed by atoms with Crippen molar-refractivity contribution in [3.63, 3.8) is 0 Å². The summed E-state index contributed by atoms with van der Waals surface area (Å²) in [7, 11) is 2.18. The van der Waals surface area contributed by atoms with Crippen LogP contribution in [0, 0.1) is 5.82 Å². The molecule has 7 nitrogen and oxygen atoms in total. The molecule has 2 aromatic carbocycles. The van der Waals surface area contributed by atoms with Crippen LogP contribution in [-0.2, 0) is 6.54 Å². The van der Waals surface area contributed by atoms with Gasteiger partial charge in [0.2, 0.25) is 0 Å². The van der Waals surface area contributed by atoms with Crippen molar-refractivity contribution in [2.75, 3.05) is 55.4 Å². The van der Waals surface area contributed by atoms with Gasteiger partial charge in [0.25, 0.3) is 0 Å². The van der Waals surface area contributed by atoms with Crippen LogP contribution in [0.2, 0.25) is 0 Å². The van der Waals surface area contributed by atoms with Gasteiger partial charge in [-0.1, -0.05) is 18.2 Å². The maximum Gasteiger partial charge on any atom is 0.155 e. The second-order valence-electron chi connectivity index (χ2n) is 8.87. The Bertz CT molecular complexity index is 1100. The van der Waals surface area contributed by atoms with E-state index in [4.69, 9.17) is 4.98 Å². The molecule has 1 aromatic heterocycles. The van der Waals surface area contributed by atoms with E-state index in [0.717, 1.165) is 55.5 Å². The average molecular weight is 448 g/mol. The first-order valence-corrected chi connectivity index (χ1v) is 11.4. The van der Waals surface area contributed by atoms with Gasteiger partial charge in [-0.3, -0.25) is 9.88 Å². The Labute approximate surface area is 194 Å². The molecule has 2 N–H and O–H groups in total. The van der Waals surface area contributed by atoms with Crippen molar-refractivity contribution in [3.8, 4) is 0 Å². The minimum absolute atomic E-state index is 0.0173. The van der Waals surface area contributed by atoms with E-state index in [2.05, 4.69) is 55.6 Å². The fraction of sp³-hybridized carbons (Fsp3) is 0.360. The van der Waals surface area contributed by atoms with Gasteiger partial charge < -0.3 is 20.4 Å². The highest BCUT2D eigenvalue weighted by molar-refractivity contribution is 5.80. The lowest BCUT2D eigenvalue weighted by molar-refractivity contribution is 0.148. The highest BCUT2D eigenvalue weighted by atomic mass is 19.1. The lowest BCUT2D eigenvalue weighted by Crippen LogP contribution is -2.43. The van der Waals surface area contributed by atoms with Crippen LogP contribution < -0.4 is 15.5 Å². The number of nitrogens with one attached hydrogen (secondary N) is 2. The highest BCUT2D eigenvalue weighted by Gasteiger charge is 2.23. The Kier molecular flexibility index (Phi) is 6.11. The summed E-state index contributed by atoms with van der Waals surface area (Å²) in [6.45, 7) is 8.12. The Morgan fingerprint density at radius 3 is 2.64 bits per heavy atom. The monoisotopic (exact) mass is 447 g/mol. The fourth-order valence-corrected chi connectivity index (χ4v) is 4.39. The average Bonchev–Trinajstić information content (AvgIpc) is 3.24. The van der Waals surface area contributed by atoms with Crippen LogP contribution in [0.5, 0.6) is 0 Å². The first-order chi connectivity index (χ1) is 16.0. The zero-order valence-corrected chi connectivity index (χ0v) is 19.1. The largest absolute Gasteiger partial charge is 0.366 e.